The van der Waals surface area contributed by atoms with Crippen molar-refractivity contribution in [2.24, 2.45) is 0 Å². The lowest BCUT2D eigenvalue weighted by atomic mass is 10.2. The number of thioether (sulfide) groups is 1. The molecule has 1 saturated heterocycles. The van der Waals surface area contributed by atoms with Crippen molar-refractivity contribution in [1.29, 1.82) is 0 Å². The summed E-state index contributed by atoms with van der Waals surface area (Å²) in [5, 5.41) is 4.29. The zero-order valence-corrected chi connectivity index (χ0v) is 13.1. The lowest BCUT2D eigenvalue weighted by Gasteiger charge is -2.18. The highest BCUT2D eigenvalue weighted by Crippen LogP contribution is 2.40. The van der Waals surface area contributed by atoms with Gasteiger partial charge in [0.1, 0.15) is 11.5 Å². The summed E-state index contributed by atoms with van der Waals surface area (Å²) in [7, 11) is 0. The Hall–Kier alpha value is -1.69. The van der Waals surface area contributed by atoms with Gasteiger partial charge in [0.15, 0.2) is 5.69 Å². The van der Waals surface area contributed by atoms with Crippen LogP contribution in [-0.2, 0) is 0 Å². The summed E-state index contributed by atoms with van der Waals surface area (Å²) in [6.45, 7) is 1.47. The van der Waals surface area contributed by atoms with E-state index >= 15 is 0 Å². The number of nitrogens with zero attached hydrogens (tertiary/aromatic N) is 2. The smallest absolute Gasteiger partial charge is 0.276 e. The first-order valence-electron chi connectivity index (χ1n) is 7.72. The Balaban J connectivity index is 1.42. The minimum absolute atomic E-state index is 0.0173. The summed E-state index contributed by atoms with van der Waals surface area (Å²) in [5.41, 5.74) is 0.448. The molecule has 5 nitrogen and oxygen atoms in total. The van der Waals surface area contributed by atoms with E-state index in [2.05, 4.69) is 5.16 Å². The van der Waals surface area contributed by atoms with E-state index in [1.807, 2.05) is 34.9 Å². The normalized spacial score (nSPS) is 22.5. The number of amides is 1. The molecule has 3 heterocycles. The maximum Gasteiger partial charge on any atom is 0.276 e. The molecule has 116 valence electrons. The van der Waals surface area contributed by atoms with E-state index in [0.717, 1.165) is 49.6 Å². The highest BCUT2D eigenvalue weighted by Gasteiger charge is 2.30. The lowest BCUT2D eigenvalue weighted by Crippen LogP contribution is -2.33. The van der Waals surface area contributed by atoms with E-state index in [9.17, 15) is 4.79 Å². The fourth-order valence-corrected chi connectivity index (χ4v) is 3.97. The van der Waals surface area contributed by atoms with Crippen LogP contribution in [0.15, 0.2) is 33.4 Å². The van der Waals surface area contributed by atoms with Gasteiger partial charge in [0.05, 0.1) is 11.5 Å². The molecular weight excluding hydrogens is 300 g/mol. The van der Waals surface area contributed by atoms with Crippen LogP contribution in [0.4, 0.5) is 0 Å². The van der Waals surface area contributed by atoms with Crippen molar-refractivity contribution in [2.75, 3.05) is 18.8 Å². The van der Waals surface area contributed by atoms with Crippen LogP contribution in [0.3, 0.4) is 0 Å². The zero-order chi connectivity index (χ0) is 14.9. The molecule has 1 aliphatic carbocycles. The molecule has 1 atom stereocenters. The van der Waals surface area contributed by atoms with Crippen LogP contribution in [0.25, 0.3) is 0 Å². The lowest BCUT2D eigenvalue weighted by molar-refractivity contribution is 0.0755. The molecule has 2 aromatic heterocycles. The summed E-state index contributed by atoms with van der Waals surface area (Å²) >= 11 is 1.85. The molecule has 0 N–H and O–H groups in total. The molecule has 2 aromatic rings. The molecule has 1 unspecified atom stereocenters. The van der Waals surface area contributed by atoms with Crippen LogP contribution >= 0.6 is 11.8 Å². The average Bonchev–Trinajstić information content (AvgIpc) is 3.11. The highest BCUT2D eigenvalue weighted by molar-refractivity contribution is 7.99. The molecule has 2 fully saturated rings. The van der Waals surface area contributed by atoms with Crippen LogP contribution in [-0.4, -0.2) is 34.8 Å². The minimum atomic E-state index is -0.0173. The Morgan fingerprint density at radius 2 is 2.18 bits per heavy atom. The number of hydrogen-bond acceptors (Lipinski definition) is 5. The number of hydrogen-bond donors (Lipinski definition) is 0. The van der Waals surface area contributed by atoms with Gasteiger partial charge in [-0.15, -0.1) is 11.8 Å². The summed E-state index contributed by atoms with van der Waals surface area (Å²) < 4.78 is 10.8. The highest BCUT2D eigenvalue weighted by atomic mass is 32.2. The van der Waals surface area contributed by atoms with Crippen molar-refractivity contribution < 1.29 is 13.7 Å². The molecule has 0 aromatic carbocycles. The first-order valence-corrected chi connectivity index (χ1v) is 8.77. The molecule has 1 aliphatic heterocycles. The molecule has 0 radical (unpaired) electrons. The minimum Gasteiger partial charge on any atom is -0.468 e. The summed E-state index contributed by atoms with van der Waals surface area (Å²) in [6.07, 6.45) is 4.90. The van der Waals surface area contributed by atoms with Crippen molar-refractivity contribution in [3.63, 3.8) is 0 Å². The largest absolute Gasteiger partial charge is 0.468 e. The Morgan fingerprint density at radius 3 is 2.95 bits per heavy atom. The first-order chi connectivity index (χ1) is 10.8. The summed E-state index contributed by atoms with van der Waals surface area (Å²) in [4.78, 5) is 14.5. The topological polar surface area (TPSA) is 59.5 Å². The third-order valence-corrected chi connectivity index (χ3v) is 5.51. The molecule has 0 spiro atoms. The number of furan rings is 1. The van der Waals surface area contributed by atoms with Gasteiger partial charge in [0, 0.05) is 30.8 Å². The van der Waals surface area contributed by atoms with Crippen molar-refractivity contribution >= 4 is 17.7 Å². The second-order valence-electron chi connectivity index (χ2n) is 5.84. The van der Waals surface area contributed by atoms with Gasteiger partial charge in [-0.1, -0.05) is 5.16 Å². The number of carbonyl (C=O) groups excluding carboxylic acids is 1. The first kappa shape index (κ1) is 13.9. The molecule has 4 rings (SSSR count). The Bertz CT molecular complexity index is 648. The SMILES string of the molecule is O=C(c1cc(C2CC2)on1)N1CCSC(c2ccco2)CC1. The van der Waals surface area contributed by atoms with Gasteiger partial charge in [-0.25, -0.2) is 0 Å². The third kappa shape index (κ3) is 2.79. The molecule has 1 amide bonds. The van der Waals surface area contributed by atoms with Gasteiger partial charge in [-0.2, -0.15) is 0 Å². The van der Waals surface area contributed by atoms with Gasteiger partial charge < -0.3 is 13.8 Å². The zero-order valence-electron chi connectivity index (χ0n) is 12.2. The van der Waals surface area contributed by atoms with Gasteiger partial charge in [0.25, 0.3) is 5.91 Å². The van der Waals surface area contributed by atoms with E-state index in [-0.39, 0.29) is 5.91 Å². The number of carbonyl (C=O) groups is 1. The van der Waals surface area contributed by atoms with Gasteiger partial charge in [-0.3, -0.25) is 4.79 Å². The van der Waals surface area contributed by atoms with Crippen LogP contribution in [0.1, 0.15) is 52.4 Å². The van der Waals surface area contributed by atoms with E-state index in [4.69, 9.17) is 8.94 Å². The predicted molar refractivity (Wildman–Crippen MR) is 82.9 cm³/mol. The summed E-state index contributed by atoms with van der Waals surface area (Å²) in [5.74, 6) is 3.23. The monoisotopic (exact) mass is 318 g/mol. The van der Waals surface area contributed by atoms with Gasteiger partial charge >= 0.3 is 0 Å². The molecule has 0 bridgehead atoms. The molecule has 2 aliphatic rings. The second-order valence-corrected chi connectivity index (χ2v) is 7.16. The maximum atomic E-state index is 12.6. The van der Waals surface area contributed by atoms with Gasteiger partial charge in [0.2, 0.25) is 0 Å². The van der Waals surface area contributed by atoms with E-state index in [1.54, 1.807) is 6.26 Å². The van der Waals surface area contributed by atoms with Crippen LogP contribution in [0.2, 0.25) is 0 Å². The second kappa shape index (κ2) is 5.83. The van der Waals surface area contributed by atoms with E-state index in [1.165, 1.54) is 0 Å². The van der Waals surface area contributed by atoms with Crippen molar-refractivity contribution in [3.05, 3.63) is 41.7 Å². The van der Waals surface area contributed by atoms with Crippen LogP contribution in [0, 0.1) is 0 Å². The van der Waals surface area contributed by atoms with Gasteiger partial charge in [-0.05, 0) is 31.4 Å². The third-order valence-electron chi connectivity index (χ3n) is 4.22. The number of aromatic nitrogens is 1. The van der Waals surface area contributed by atoms with E-state index in [0.29, 0.717) is 16.9 Å². The predicted octanol–water partition coefficient (Wildman–Crippen LogP) is 3.47. The van der Waals surface area contributed by atoms with Crippen LogP contribution in [0.5, 0.6) is 0 Å². The van der Waals surface area contributed by atoms with Crippen LogP contribution < -0.4 is 0 Å². The number of rotatable bonds is 3. The summed E-state index contributed by atoms with van der Waals surface area (Å²) in [6, 6.07) is 5.75. The molecule has 6 heteroatoms. The molecule has 1 saturated carbocycles. The molecular formula is C16H18N2O3S. The van der Waals surface area contributed by atoms with E-state index < -0.39 is 0 Å². The Morgan fingerprint density at radius 1 is 1.27 bits per heavy atom. The Kier molecular flexibility index (Phi) is 3.70. The maximum absolute atomic E-state index is 12.6. The fraction of sp³-hybridized carbons (Fsp3) is 0.500. The average molecular weight is 318 g/mol. The molecule has 22 heavy (non-hydrogen) atoms. The quantitative estimate of drug-likeness (QED) is 0.867. The van der Waals surface area contributed by atoms with Crippen molar-refractivity contribution in [3.8, 4) is 0 Å². The standard InChI is InChI=1S/C16H18N2O3S/c19-16(12-10-14(21-17-12)11-3-4-11)18-6-5-15(22-9-7-18)13-2-1-8-20-13/h1-2,8,10-11,15H,3-7,9H2. The van der Waals surface area contributed by atoms with Crippen molar-refractivity contribution in [2.45, 2.75) is 30.4 Å². The fourth-order valence-electron chi connectivity index (χ4n) is 2.79. The Labute approximate surface area is 133 Å². The van der Waals surface area contributed by atoms with Crippen molar-refractivity contribution in [1.82, 2.24) is 10.1 Å².